The van der Waals surface area contributed by atoms with E-state index in [-0.39, 0.29) is 5.91 Å². The van der Waals surface area contributed by atoms with Crippen LogP contribution in [0, 0.1) is 13.8 Å². The fourth-order valence-electron chi connectivity index (χ4n) is 3.64. The number of aromatic nitrogens is 4. The molecule has 29 heavy (non-hydrogen) atoms. The summed E-state index contributed by atoms with van der Waals surface area (Å²) in [5, 5.41) is 14.4. The highest BCUT2D eigenvalue weighted by Gasteiger charge is 2.17. The normalized spacial score (nSPS) is 11.1. The van der Waals surface area contributed by atoms with E-state index in [1.54, 1.807) is 10.7 Å². The van der Waals surface area contributed by atoms with Crippen LogP contribution >= 0.6 is 0 Å². The number of carbonyl (C=O) groups excluding carboxylic acids is 1. The second-order valence-corrected chi connectivity index (χ2v) is 7.26. The molecular weight excluding hydrogens is 362 g/mol. The average molecular weight is 387 g/mol. The van der Waals surface area contributed by atoms with Gasteiger partial charge in [-0.25, -0.2) is 0 Å². The summed E-state index contributed by atoms with van der Waals surface area (Å²) in [5.74, 6) is -0.212. The van der Waals surface area contributed by atoms with Gasteiger partial charge in [0.25, 0.3) is 5.91 Å². The van der Waals surface area contributed by atoms with Crippen molar-refractivity contribution < 1.29 is 4.79 Å². The van der Waals surface area contributed by atoms with Crippen molar-refractivity contribution >= 4 is 22.4 Å². The van der Waals surface area contributed by atoms with E-state index in [2.05, 4.69) is 58.8 Å². The number of hydrogen-bond acceptors (Lipinski definition) is 3. The lowest BCUT2D eigenvalue weighted by Crippen LogP contribution is -2.14. The molecule has 6 heteroatoms. The van der Waals surface area contributed by atoms with Crippen LogP contribution in [0.5, 0.6) is 0 Å². The number of amides is 1. The fourth-order valence-corrected chi connectivity index (χ4v) is 3.64. The largest absolute Gasteiger partial charge is 0.317 e. The van der Waals surface area contributed by atoms with Crippen LogP contribution in [0.2, 0.25) is 0 Å². The van der Waals surface area contributed by atoms with Crippen LogP contribution in [0.25, 0.3) is 10.8 Å². The molecule has 2 heterocycles. The molecule has 148 valence electrons. The molecule has 0 aliphatic rings. The molecule has 1 amide bonds. The van der Waals surface area contributed by atoms with E-state index in [0.717, 1.165) is 30.0 Å². The Morgan fingerprint density at radius 1 is 1.03 bits per heavy atom. The number of hydrogen-bond donors (Lipinski definition) is 1. The first kappa shape index (κ1) is 18.9. The molecule has 4 rings (SSSR count). The maximum absolute atomic E-state index is 12.7. The third kappa shape index (κ3) is 3.78. The highest BCUT2D eigenvalue weighted by Crippen LogP contribution is 2.24. The third-order valence-corrected chi connectivity index (χ3v) is 5.15. The smallest absolute Gasteiger partial charge is 0.276 e. The van der Waals surface area contributed by atoms with Crippen LogP contribution in [0.15, 0.2) is 54.7 Å². The van der Waals surface area contributed by atoms with Crippen molar-refractivity contribution in [3.05, 3.63) is 77.4 Å². The van der Waals surface area contributed by atoms with Crippen LogP contribution < -0.4 is 5.32 Å². The van der Waals surface area contributed by atoms with Crippen LogP contribution in [0.1, 0.15) is 40.8 Å². The van der Waals surface area contributed by atoms with Gasteiger partial charge in [0.2, 0.25) is 0 Å². The molecule has 0 spiro atoms. The van der Waals surface area contributed by atoms with Crippen molar-refractivity contribution in [3.8, 4) is 0 Å². The Kier molecular flexibility index (Phi) is 5.16. The minimum Gasteiger partial charge on any atom is -0.317 e. The van der Waals surface area contributed by atoms with Crippen LogP contribution in [0.3, 0.4) is 0 Å². The molecule has 0 bridgehead atoms. The Morgan fingerprint density at radius 3 is 2.66 bits per heavy atom. The molecule has 0 fully saturated rings. The van der Waals surface area contributed by atoms with Gasteiger partial charge in [-0.1, -0.05) is 49.4 Å². The minimum atomic E-state index is -0.212. The highest BCUT2D eigenvalue weighted by molar-refractivity contribution is 6.03. The molecule has 2 aromatic carbocycles. The zero-order valence-corrected chi connectivity index (χ0v) is 17.0. The van der Waals surface area contributed by atoms with Gasteiger partial charge in [-0.05, 0) is 42.7 Å². The van der Waals surface area contributed by atoms with Crippen molar-refractivity contribution in [1.82, 2.24) is 19.6 Å². The number of benzene rings is 2. The first-order valence-electron chi connectivity index (χ1n) is 9.92. The van der Waals surface area contributed by atoms with Gasteiger partial charge in [0, 0.05) is 12.7 Å². The molecular formula is C23H25N5O. The second-order valence-electron chi connectivity index (χ2n) is 7.26. The molecule has 0 saturated heterocycles. The van der Waals surface area contributed by atoms with E-state index in [4.69, 9.17) is 0 Å². The van der Waals surface area contributed by atoms with Gasteiger partial charge in [-0.15, -0.1) is 0 Å². The average Bonchev–Trinajstić information content (AvgIpc) is 3.29. The first-order valence-corrected chi connectivity index (χ1v) is 9.92. The van der Waals surface area contributed by atoms with E-state index in [1.807, 2.05) is 30.8 Å². The van der Waals surface area contributed by atoms with Crippen molar-refractivity contribution in [2.24, 2.45) is 0 Å². The third-order valence-electron chi connectivity index (χ3n) is 5.15. The molecule has 2 aromatic heterocycles. The van der Waals surface area contributed by atoms with Crippen LogP contribution in [-0.4, -0.2) is 25.5 Å². The van der Waals surface area contributed by atoms with Gasteiger partial charge in [0.05, 0.1) is 23.6 Å². The molecule has 0 aliphatic heterocycles. The molecule has 1 N–H and O–H groups in total. The number of nitrogens with one attached hydrogen (secondary N) is 1. The second kappa shape index (κ2) is 7.91. The summed E-state index contributed by atoms with van der Waals surface area (Å²) >= 11 is 0. The van der Waals surface area contributed by atoms with Gasteiger partial charge in [-0.2, -0.15) is 10.2 Å². The SMILES string of the molecule is CCCn1ccc(C(=O)Nc2c(C)nn(Cc3cccc4ccccc34)c2C)n1. The van der Waals surface area contributed by atoms with E-state index in [1.165, 1.54) is 16.3 Å². The summed E-state index contributed by atoms with van der Waals surface area (Å²) in [6.45, 7) is 7.43. The summed E-state index contributed by atoms with van der Waals surface area (Å²) in [4.78, 5) is 12.7. The van der Waals surface area contributed by atoms with E-state index >= 15 is 0 Å². The molecule has 0 atom stereocenters. The molecule has 0 unspecified atom stereocenters. The lowest BCUT2D eigenvalue weighted by Gasteiger charge is -2.09. The lowest BCUT2D eigenvalue weighted by molar-refractivity contribution is 0.102. The predicted molar refractivity (Wildman–Crippen MR) is 115 cm³/mol. The number of carbonyl (C=O) groups is 1. The van der Waals surface area contributed by atoms with Crippen molar-refractivity contribution in [2.75, 3.05) is 5.32 Å². The van der Waals surface area contributed by atoms with Crippen molar-refractivity contribution in [1.29, 1.82) is 0 Å². The van der Waals surface area contributed by atoms with Gasteiger partial charge >= 0.3 is 0 Å². The Hall–Kier alpha value is -3.41. The van der Waals surface area contributed by atoms with Crippen LogP contribution in [-0.2, 0) is 13.1 Å². The van der Waals surface area contributed by atoms with E-state index in [9.17, 15) is 4.79 Å². The zero-order chi connectivity index (χ0) is 20.4. The van der Waals surface area contributed by atoms with Gasteiger partial charge < -0.3 is 5.32 Å². The molecule has 6 nitrogen and oxygen atoms in total. The zero-order valence-electron chi connectivity index (χ0n) is 17.0. The maximum Gasteiger partial charge on any atom is 0.276 e. The lowest BCUT2D eigenvalue weighted by atomic mass is 10.0. The highest BCUT2D eigenvalue weighted by atomic mass is 16.2. The minimum absolute atomic E-state index is 0.212. The van der Waals surface area contributed by atoms with Crippen LogP contribution in [0.4, 0.5) is 5.69 Å². The standard InChI is InChI=1S/C23H25N5O/c1-4-13-27-14-12-21(26-27)23(29)24-22-16(2)25-28(17(22)3)15-19-10-7-9-18-8-5-6-11-20(18)19/h5-12,14H,4,13,15H2,1-3H3,(H,24,29). The summed E-state index contributed by atoms with van der Waals surface area (Å²) in [6.07, 6.45) is 2.81. The Labute approximate surface area is 170 Å². The predicted octanol–water partition coefficient (Wildman–Crippen LogP) is 4.56. The number of fused-ring (bicyclic) bond motifs is 1. The molecule has 4 aromatic rings. The van der Waals surface area contributed by atoms with Crippen molar-refractivity contribution in [3.63, 3.8) is 0 Å². The fraction of sp³-hybridized carbons (Fsp3) is 0.261. The molecule has 0 saturated carbocycles. The van der Waals surface area contributed by atoms with E-state index in [0.29, 0.717) is 12.2 Å². The summed E-state index contributed by atoms with van der Waals surface area (Å²) in [5.41, 5.74) is 4.09. The van der Waals surface area contributed by atoms with Gasteiger partial charge in [0.1, 0.15) is 0 Å². The Bertz CT molecular complexity index is 1170. The number of rotatable bonds is 6. The topological polar surface area (TPSA) is 64.7 Å². The number of aryl methyl sites for hydroxylation is 2. The van der Waals surface area contributed by atoms with Gasteiger partial charge in [-0.3, -0.25) is 14.2 Å². The Balaban J connectivity index is 1.58. The number of anilines is 1. The quantitative estimate of drug-likeness (QED) is 0.527. The van der Waals surface area contributed by atoms with E-state index < -0.39 is 0 Å². The molecule has 0 radical (unpaired) electrons. The maximum atomic E-state index is 12.7. The van der Waals surface area contributed by atoms with Gasteiger partial charge in [0.15, 0.2) is 5.69 Å². The summed E-state index contributed by atoms with van der Waals surface area (Å²) < 4.78 is 3.74. The number of nitrogens with zero attached hydrogens (tertiary/aromatic N) is 4. The molecule has 0 aliphatic carbocycles. The monoisotopic (exact) mass is 387 g/mol. The first-order chi connectivity index (χ1) is 14.1. The van der Waals surface area contributed by atoms with Crippen molar-refractivity contribution in [2.45, 2.75) is 40.3 Å². The summed E-state index contributed by atoms with van der Waals surface area (Å²) in [6, 6.07) is 16.4. The Morgan fingerprint density at radius 2 is 1.83 bits per heavy atom. The summed E-state index contributed by atoms with van der Waals surface area (Å²) in [7, 11) is 0.